The lowest BCUT2D eigenvalue weighted by atomic mass is 10.1. The van der Waals surface area contributed by atoms with E-state index in [9.17, 15) is 9.18 Å². The van der Waals surface area contributed by atoms with Gasteiger partial charge in [0, 0.05) is 48.4 Å². The van der Waals surface area contributed by atoms with Crippen molar-refractivity contribution < 1.29 is 9.18 Å². The topological polar surface area (TPSA) is 70.4 Å². The number of benzene rings is 1. The molecule has 1 saturated heterocycles. The van der Waals surface area contributed by atoms with Crippen LogP contribution in [0, 0.1) is 5.82 Å². The number of nitrogens with zero attached hydrogens (tertiary/aromatic N) is 1. The second-order valence-corrected chi connectivity index (χ2v) is 6.07. The van der Waals surface area contributed by atoms with Crippen LogP contribution in [0.3, 0.4) is 0 Å². The maximum absolute atomic E-state index is 14.2. The molecule has 0 atom stereocenters. The van der Waals surface area contributed by atoms with E-state index >= 15 is 0 Å². The lowest BCUT2D eigenvalue weighted by molar-refractivity contribution is 0.0955. The molecule has 3 rings (SSSR count). The van der Waals surface area contributed by atoms with Crippen LogP contribution in [-0.4, -0.2) is 37.0 Å². The Kier molecular flexibility index (Phi) is 4.16. The first-order chi connectivity index (χ1) is 10.2. The van der Waals surface area contributed by atoms with E-state index in [0.717, 1.165) is 36.4 Å². The van der Waals surface area contributed by atoms with Gasteiger partial charge in [-0.1, -0.05) is 6.07 Å². The molecule has 1 fully saturated rings. The molecule has 0 spiro atoms. The number of carbonyl (C=O) groups excluding carboxylic acids is 1. The summed E-state index contributed by atoms with van der Waals surface area (Å²) in [7, 11) is 0. The zero-order chi connectivity index (χ0) is 14.8. The highest BCUT2D eigenvalue weighted by Gasteiger charge is 2.22. The molecule has 0 unspecified atom stereocenters. The number of piperazine rings is 1. The Hall–Kier alpha value is -1.54. The van der Waals surface area contributed by atoms with E-state index in [1.165, 1.54) is 17.4 Å². The molecular formula is C14H17FN4OS. The smallest absolute Gasteiger partial charge is 0.275 e. The van der Waals surface area contributed by atoms with E-state index in [1.54, 1.807) is 6.07 Å². The minimum absolute atomic E-state index is 0.287. The first kappa shape index (κ1) is 14.4. The van der Waals surface area contributed by atoms with Crippen LogP contribution in [0.1, 0.15) is 15.2 Å². The predicted octanol–water partition coefficient (Wildman–Crippen LogP) is 1.05. The lowest BCUT2D eigenvalue weighted by Crippen LogP contribution is -2.43. The third kappa shape index (κ3) is 2.77. The van der Waals surface area contributed by atoms with Crippen LogP contribution < -0.4 is 16.6 Å². The van der Waals surface area contributed by atoms with Crippen molar-refractivity contribution in [3.63, 3.8) is 0 Å². The van der Waals surface area contributed by atoms with Gasteiger partial charge in [-0.3, -0.25) is 15.1 Å². The van der Waals surface area contributed by atoms with Crippen molar-refractivity contribution in [2.75, 3.05) is 26.2 Å². The maximum atomic E-state index is 14.2. The molecule has 21 heavy (non-hydrogen) atoms. The van der Waals surface area contributed by atoms with E-state index in [2.05, 4.69) is 15.6 Å². The van der Waals surface area contributed by atoms with E-state index in [0.29, 0.717) is 16.8 Å². The number of halogens is 1. The highest BCUT2D eigenvalue weighted by molar-refractivity contribution is 7.21. The van der Waals surface area contributed by atoms with Crippen LogP contribution in [0.4, 0.5) is 4.39 Å². The molecule has 1 aromatic heterocycles. The number of rotatable bonds is 3. The van der Waals surface area contributed by atoms with Gasteiger partial charge < -0.3 is 5.32 Å². The summed E-state index contributed by atoms with van der Waals surface area (Å²) in [5.41, 5.74) is 2.89. The zero-order valence-electron chi connectivity index (χ0n) is 11.5. The van der Waals surface area contributed by atoms with Gasteiger partial charge in [-0.15, -0.1) is 11.3 Å². The highest BCUT2D eigenvalue weighted by atomic mass is 32.1. The summed E-state index contributed by atoms with van der Waals surface area (Å²) in [6.45, 7) is 4.14. The summed E-state index contributed by atoms with van der Waals surface area (Å²) < 4.78 is 15.0. The number of nitrogens with one attached hydrogen (secondary N) is 2. The third-order valence-corrected chi connectivity index (χ3v) is 4.89. The van der Waals surface area contributed by atoms with Crippen LogP contribution in [0.2, 0.25) is 0 Å². The largest absolute Gasteiger partial charge is 0.314 e. The van der Waals surface area contributed by atoms with Gasteiger partial charge in [-0.2, -0.15) is 0 Å². The molecule has 0 radical (unpaired) electrons. The Balaban J connectivity index is 2.05. The number of hydrazine groups is 1. The minimum Gasteiger partial charge on any atom is -0.314 e. The number of fused-ring (bicyclic) bond motifs is 1. The minimum atomic E-state index is -0.360. The Morgan fingerprint density at radius 1 is 1.43 bits per heavy atom. The molecule has 1 aliphatic heterocycles. The molecule has 5 nitrogen and oxygen atoms in total. The summed E-state index contributed by atoms with van der Waals surface area (Å²) in [4.78, 5) is 14.7. The van der Waals surface area contributed by atoms with Gasteiger partial charge in [-0.25, -0.2) is 10.2 Å². The molecule has 0 saturated carbocycles. The quantitative estimate of drug-likeness (QED) is 0.450. The number of thiophene rings is 1. The van der Waals surface area contributed by atoms with Gasteiger partial charge in [0.2, 0.25) is 0 Å². The van der Waals surface area contributed by atoms with Crippen LogP contribution in [0.15, 0.2) is 18.2 Å². The Labute approximate surface area is 125 Å². The number of hydrogen-bond acceptors (Lipinski definition) is 5. The molecule has 1 amide bonds. The second-order valence-electron chi connectivity index (χ2n) is 5.02. The molecule has 0 aliphatic carbocycles. The van der Waals surface area contributed by atoms with Crippen molar-refractivity contribution in [3.05, 3.63) is 34.5 Å². The van der Waals surface area contributed by atoms with Crippen LogP contribution in [-0.2, 0) is 6.54 Å². The molecular weight excluding hydrogens is 291 g/mol. The van der Waals surface area contributed by atoms with Crippen molar-refractivity contribution in [1.29, 1.82) is 0 Å². The number of amides is 1. The van der Waals surface area contributed by atoms with Crippen molar-refractivity contribution in [2.24, 2.45) is 5.84 Å². The monoisotopic (exact) mass is 308 g/mol. The van der Waals surface area contributed by atoms with Gasteiger partial charge in [0.05, 0.1) is 4.88 Å². The van der Waals surface area contributed by atoms with E-state index in [4.69, 9.17) is 5.84 Å². The molecule has 1 aromatic carbocycles. The number of carbonyl (C=O) groups is 1. The Bertz CT molecular complexity index is 666. The fourth-order valence-corrected chi connectivity index (χ4v) is 3.79. The molecule has 4 N–H and O–H groups in total. The third-order valence-electron chi connectivity index (χ3n) is 3.69. The number of nitrogens with two attached hydrogens (primary N) is 1. The molecule has 7 heteroatoms. The normalized spacial score (nSPS) is 16.3. The van der Waals surface area contributed by atoms with E-state index < -0.39 is 0 Å². The van der Waals surface area contributed by atoms with Crippen molar-refractivity contribution in [2.45, 2.75) is 6.54 Å². The fourth-order valence-electron chi connectivity index (χ4n) is 2.66. The summed E-state index contributed by atoms with van der Waals surface area (Å²) in [6.07, 6.45) is 0. The second kappa shape index (κ2) is 6.07. The molecule has 0 bridgehead atoms. The van der Waals surface area contributed by atoms with Crippen LogP contribution >= 0.6 is 11.3 Å². The first-order valence-corrected chi connectivity index (χ1v) is 7.66. The zero-order valence-corrected chi connectivity index (χ0v) is 12.3. The van der Waals surface area contributed by atoms with Gasteiger partial charge >= 0.3 is 0 Å². The first-order valence-electron chi connectivity index (χ1n) is 6.84. The lowest BCUT2D eigenvalue weighted by Gasteiger charge is -2.27. The molecule has 2 aromatic rings. The van der Waals surface area contributed by atoms with Gasteiger partial charge in [-0.05, 0) is 12.1 Å². The van der Waals surface area contributed by atoms with Crippen molar-refractivity contribution in [1.82, 2.24) is 15.6 Å². The van der Waals surface area contributed by atoms with E-state index in [1.807, 2.05) is 6.07 Å². The number of hydrogen-bond donors (Lipinski definition) is 3. The molecule has 2 heterocycles. The van der Waals surface area contributed by atoms with Gasteiger partial charge in [0.1, 0.15) is 5.82 Å². The fraction of sp³-hybridized carbons (Fsp3) is 0.357. The molecule has 1 aliphatic rings. The SMILES string of the molecule is NNC(=O)c1sc2cccc(F)c2c1CN1CCNCC1. The Morgan fingerprint density at radius 3 is 2.90 bits per heavy atom. The predicted molar refractivity (Wildman–Crippen MR) is 81.6 cm³/mol. The Morgan fingerprint density at radius 2 is 2.19 bits per heavy atom. The van der Waals surface area contributed by atoms with Gasteiger partial charge in [0.25, 0.3) is 5.91 Å². The molecule has 112 valence electrons. The summed E-state index contributed by atoms with van der Waals surface area (Å²) in [6, 6.07) is 4.92. The summed E-state index contributed by atoms with van der Waals surface area (Å²) in [5, 5.41) is 3.82. The van der Waals surface area contributed by atoms with E-state index in [-0.39, 0.29) is 11.7 Å². The number of nitrogen functional groups attached to an aromatic ring is 1. The van der Waals surface area contributed by atoms with Crippen molar-refractivity contribution >= 4 is 27.3 Å². The average molecular weight is 308 g/mol. The highest BCUT2D eigenvalue weighted by Crippen LogP contribution is 2.34. The summed E-state index contributed by atoms with van der Waals surface area (Å²) >= 11 is 1.28. The maximum Gasteiger partial charge on any atom is 0.275 e. The average Bonchev–Trinajstić information content (AvgIpc) is 2.87. The standard InChI is InChI=1S/C14H17FN4OS/c15-10-2-1-3-11-12(10)9(13(21-11)14(20)18-16)8-19-6-4-17-5-7-19/h1-3,17H,4-8,16H2,(H,18,20). The van der Waals surface area contributed by atoms with Crippen LogP contribution in [0.25, 0.3) is 10.1 Å². The van der Waals surface area contributed by atoms with Crippen LogP contribution in [0.5, 0.6) is 0 Å². The van der Waals surface area contributed by atoms with Crippen molar-refractivity contribution in [3.8, 4) is 0 Å². The summed E-state index contributed by atoms with van der Waals surface area (Å²) in [5.74, 6) is 4.61. The van der Waals surface area contributed by atoms with Gasteiger partial charge in [0.15, 0.2) is 0 Å².